The monoisotopic (exact) mass is 220 g/mol. The number of benzene rings is 1. The molecule has 1 aromatic rings. The van der Waals surface area contributed by atoms with Gasteiger partial charge >= 0.3 is 5.97 Å². The van der Waals surface area contributed by atoms with Crippen LogP contribution in [0.3, 0.4) is 0 Å². The van der Waals surface area contributed by atoms with Crippen molar-refractivity contribution in [2.45, 2.75) is 40.7 Å². The van der Waals surface area contributed by atoms with Gasteiger partial charge in [0.2, 0.25) is 0 Å². The lowest BCUT2D eigenvalue weighted by molar-refractivity contribution is -0.149. The fraction of sp³-hybridized carbons (Fsp3) is 0.500. The molecule has 2 nitrogen and oxygen atoms in total. The summed E-state index contributed by atoms with van der Waals surface area (Å²) in [5.41, 5.74) is 3.54. The van der Waals surface area contributed by atoms with Crippen molar-refractivity contribution in [1.29, 1.82) is 0 Å². The summed E-state index contributed by atoms with van der Waals surface area (Å²) in [7, 11) is 0. The molecule has 0 heterocycles. The van der Waals surface area contributed by atoms with Crippen molar-refractivity contribution in [2.75, 3.05) is 0 Å². The van der Waals surface area contributed by atoms with Crippen molar-refractivity contribution >= 4 is 5.97 Å². The molecule has 0 saturated carbocycles. The summed E-state index contributed by atoms with van der Waals surface area (Å²) in [4.78, 5) is 11.5. The van der Waals surface area contributed by atoms with Gasteiger partial charge in [0.25, 0.3) is 0 Å². The van der Waals surface area contributed by atoms with Crippen LogP contribution in [0.15, 0.2) is 18.2 Å². The number of aryl methyl sites for hydroxylation is 1. The standard InChI is InChI=1S/C14H20O2/c1-5-10(2)14(15)16-9-13-8-6-7-11(3)12(13)4/h6-8,10H,5,9H2,1-4H3. The molecule has 2 heteroatoms. The Labute approximate surface area is 97.6 Å². The minimum atomic E-state index is -0.108. The molecule has 0 spiro atoms. The first kappa shape index (κ1) is 12.8. The van der Waals surface area contributed by atoms with Crippen LogP contribution in [0.2, 0.25) is 0 Å². The second-order valence-electron chi connectivity index (χ2n) is 4.28. The second kappa shape index (κ2) is 5.69. The minimum Gasteiger partial charge on any atom is -0.461 e. The van der Waals surface area contributed by atoms with Crippen LogP contribution in [0.25, 0.3) is 0 Å². The molecule has 0 radical (unpaired) electrons. The third kappa shape index (κ3) is 3.09. The van der Waals surface area contributed by atoms with E-state index < -0.39 is 0 Å². The number of ether oxygens (including phenoxy) is 1. The topological polar surface area (TPSA) is 26.3 Å². The molecule has 0 aliphatic carbocycles. The summed E-state index contributed by atoms with van der Waals surface area (Å²) in [5.74, 6) is -0.117. The van der Waals surface area contributed by atoms with Gasteiger partial charge in [-0.15, -0.1) is 0 Å². The number of hydrogen-bond donors (Lipinski definition) is 0. The predicted octanol–water partition coefficient (Wildman–Crippen LogP) is 3.39. The molecule has 88 valence electrons. The molecule has 1 unspecified atom stereocenters. The number of esters is 1. The van der Waals surface area contributed by atoms with E-state index in [0.29, 0.717) is 6.61 Å². The van der Waals surface area contributed by atoms with Gasteiger partial charge in [0.15, 0.2) is 0 Å². The van der Waals surface area contributed by atoms with Gasteiger partial charge in [-0.3, -0.25) is 4.79 Å². The number of carbonyl (C=O) groups excluding carboxylic acids is 1. The molecule has 1 atom stereocenters. The molecule has 16 heavy (non-hydrogen) atoms. The first-order valence-electron chi connectivity index (χ1n) is 5.78. The van der Waals surface area contributed by atoms with Gasteiger partial charge < -0.3 is 4.74 Å². The number of hydrogen-bond acceptors (Lipinski definition) is 2. The molecule has 0 aliphatic heterocycles. The third-order valence-electron chi connectivity index (χ3n) is 3.10. The number of carbonyl (C=O) groups is 1. The Hall–Kier alpha value is -1.31. The van der Waals surface area contributed by atoms with E-state index in [1.165, 1.54) is 11.1 Å². The van der Waals surface area contributed by atoms with E-state index in [-0.39, 0.29) is 11.9 Å². The maximum atomic E-state index is 11.5. The minimum absolute atomic E-state index is 0.00915. The summed E-state index contributed by atoms with van der Waals surface area (Å²) in [5, 5.41) is 0. The fourth-order valence-electron chi connectivity index (χ4n) is 1.43. The summed E-state index contributed by atoms with van der Waals surface area (Å²) in [6, 6.07) is 6.07. The molecule has 0 aromatic heterocycles. The van der Waals surface area contributed by atoms with Gasteiger partial charge in [0.05, 0.1) is 5.92 Å². The Kier molecular flexibility index (Phi) is 4.53. The molecular formula is C14H20O2. The van der Waals surface area contributed by atoms with Crippen molar-refractivity contribution in [3.8, 4) is 0 Å². The first-order valence-corrected chi connectivity index (χ1v) is 5.78. The average molecular weight is 220 g/mol. The summed E-state index contributed by atoms with van der Waals surface area (Å²) < 4.78 is 5.28. The van der Waals surface area contributed by atoms with Crippen molar-refractivity contribution in [2.24, 2.45) is 5.92 Å². The van der Waals surface area contributed by atoms with Gasteiger partial charge in [0, 0.05) is 0 Å². The van der Waals surface area contributed by atoms with Crippen molar-refractivity contribution in [3.63, 3.8) is 0 Å². The molecular weight excluding hydrogens is 200 g/mol. The number of rotatable bonds is 4. The third-order valence-corrected chi connectivity index (χ3v) is 3.10. The lowest BCUT2D eigenvalue weighted by Crippen LogP contribution is -2.14. The van der Waals surface area contributed by atoms with Crippen LogP contribution in [0, 0.1) is 19.8 Å². The SMILES string of the molecule is CCC(C)C(=O)OCc1cccc(C)c1C. The highest BCUT2D eigenvalue weighted by atomic mass is 16.5. The molecule has 0 N–H and O–H groups in total. The lowest BCUT2D eigenvalue weighted by Gasteiger charge is -2.11. The highest BCUT2D eigenvalue weighted by Crippen LogP contribution is 2.14. The van der Waals surface area contributed by atoms with E-state index in [1.54, 1.807) is 0 Å². The first-order chi connectivity index (χ1) is 7.56. The van der Waals surface area contributed by atoms with Crippen molar-refractivity contribution < 1.29 is 9.53 Å². The van der Waals surface area contributed by atoms with Crippen LogP contribution >= 0.6 is 0 Å². The van der Waals surface area contributed by atoms with Crippen molar-refractivity contribution in [3.05, 3.63) is 34.9 Å². The second-order valence-corrected chi connectivity index (χ2v) is 4.28. The maximum absolute atomic E-state index is 11.5. The molecule has 1 aromatic carbocycles. The summed E-state index contributed by atoms with van der Waals surface area (Å²) >= 11 is 0. The van der Waals surface area contributed by atoms with E-state index >= 15 is 0 Å². The molecule has 0 saturated heterocycles. The molecule has 0 aliphatic rings. The zero-order valence-electron chi connectivity index (χ0n) is 10.5. The maximum Gasteiger partial charge on any atom is 0.308 e. The molecule has 0 fully saturated rings. The molecule has 0 amide bonds. The van der Waals surface area contributed by atoms with Gasteiger partial charge in [-0.25, -0.2) is 0 Å². The normalized spacial score (nSPS) is 12.2. The summed E-state index contributed by atoms with van der Waals surface area (Å²) in [6.45, 7) is 8.39. The van der Waals surface area contributed by atoms with E-state index in [0.717, 1.165) is 12.0 Å². The van der Waals surface area contributed by atoms with E-state index in [1.807, 2.05) is 26.0 Å². The largest absolute Gasteiger partial charge is 0.461 e. The Morgan fingerprint density at radius 2 is 2.06 bits per heavy atom. The Morgan fingerprint density at radius 1 is 1.38 bits per heavy atom. The summed E-state index contributed by atoms with van der Waals surface area (Å²) in [6.07, 6.45) is 0.825. The van der Waals surface area contributed by atoms with E-state index in [9.17, 15) is 4.79 Å². The molecule has 1 rings (SSSR count). The van der Waals surface area contributed by atoms with Gasteiger partial charge in [-0.2, -0.15) is 0 Å². The predicted molar refractivity (Wildman–Crippen MR) is 65.2 cm³/mol. The quantitative estimate of drug-likeness (QED) is 0.727. The smallest absolute Gasteiger partial charge is 0.308 e. The van der Waals surface area contributed by atoms with Crippen LogP contribution in [-0.2, 0) is 16.1 Å². The highest BCUT2D eigenvalue weighted by Gasteiger charge is 2.12. The van der Waals surface area contributed by atoms with Crippen LogP contribution in [0.1, 0.15) is 37.0 Å². The van der Waals surface area contributed by atoms with Gasteiger partial charge in [-0.1, -0.05) is 32.0 Å². The molecule has 0 bridgehead atoms. The zero-order valence-corrected chi connectivity index (χ0v) is 10.5. The van der Waals surface area contributed by atoms with Gasteiger partial charge in [-0.05, 0) is 37.0 Å². The Morgan fingerprint density at radius 3 is 2.69 bits per heavy atom. The highest BCUT2D eigenvalue weighted by molar-refractivity contribution is 5.71. The van der Waals surface area contributed by atoms with E-state index in [4.69, 9.17) is 4.74 Å². The lowest BCUT2D eigenvalue weighted by atomic mass is 10.0. The van der Waals surface area contributed by atoms with Gasteiger partial charge in [0.1, 0.15) is 6.61 Å². The van der Waals surface area contributed by atoms with Crippen LogP contribution < -0.4 is 0 Å². The Bertz CT molecular complexity index is 369. The van der Waals surface area contributed by atoms with Crippen molar-refractivity contribution in [1.82, 2.24) is 0 Å². The Balaban J connectivity index is 2.61. The van der Waals surface area contributed by atoms with Crippen LogP contribution in [-0.4, -0.2) is 5.97 Å². The zero-order chi connectivity index (χ0) is 12.1. The van der Waals surface area contributed by atoms with Crippen LogP contribution in [0.4, 0.5) is 0 Å². The fourth-order valence-corrected chi connectivity index (χ4v) is 1.43. The van der Waals surface area contributed by atoms with E-state index in [2.05, 4.69) is 19.9 Å². The van der Waals surface area contributed by atoms with Crippen LogP contribution in [0.5, 0.6) is 0 Å². The average Bonchev–Trinajstić information content (AvgIpc) is 2.29.